The monoisotopic (exact) mass is 368 g/mol. The van der Waals surface area contributed by atoms with E-state index in [1.54, 1.807) is 36.4 Å². The van der Waals surface area contributed by atoms with Gasteiger partial charge in [-0.2, -0.15) is 0 Å². The first kappa shape index (κ1) is 18.3. The van der Waals surface area contributed by atoms with Crippen LogP contribution in [0.25, 0.3) is 0 Å². The molecule has 0 spiro atoms. The number of esters is 2. The van der Waals surface area contributed by atoms with Gasteiger partial charge in [0.05, 0.1) is 21.2 Å². The van der Waals surface area contributed by atoms with Gasteiger partial charge in [-0.3, -0.25) is 0 Å². The van der Waals surface area contributed by atoms with Crippen molar-refractivity contribution >= 4 is 35.1 Å². The molecule has 24 heavy (non-hydrogen) atoms. The van der Waals surface area contributed by atoms with Gasteiger partial charge in [-0.05, 0) is 24.3 Å². The molecule has 0 unspecified atom stereocenters. The van der Waals surface area contributed by atoms with Crippen LogP contribution in [0.2, 0.25) is 10.0 Å². The number of aliphatic hydroxyl groups is 1. The van der Waals surface area contributed by atoms with Crippen LogP contribution >= 0.6 is 23.2 Å². The number of halogens is 2. The van der Waals surface area contributed by atoms with Gasteiger partial charge in [-0.25, -0.2) is 9.59 Å². The molecule has 0 heterocycles. The second-order valence-corrected chi connectivity index (χ2v) is 5.62. The minimum absolute atomic E-state index is 0.194. The standard InChI is InChI=1S/C17H14Cl2O5/c18-14-7-3-1-5-12(14)16(21)23-9-11(20)10-24-17(22)13-6-2-4-8-15(13)19/h1-8,11,20H,9-10H2. The molecule has 2 rings (SSSR count). The number of hydrogen-bond acceptors (Lipinski definition) is 5. The lowest BCUT2D eigenvalue weighted by Gasteiger charge is -2.12. The molecule has 0 aliphatic carbocycles. The Bertz CT molecular complexity index is 671. The van der Waals surface area contributed by atoms with Crippen LogP contribution in [0.1, 0.15) is 20.7 Å². The zero-order chi connectivity index (χ0) is 17.5. The summed E-state index contributed by atoms with van der Waals surface area (Å²) in [4.78, 5) is 23.7. The Kier molecular flexibility index (Phi) is 6.61. The van der Waals surface area contributed by atoms with Crippen LogP contribution in [0.5, 0.6) is 0 Å². The quantitative estimate of drug-likeness (QED) is 0.791. The Labute approximate surface area is 148 Å². The van der Waals surface area contributed by atoms with Gasteiger partial charge < -0.3 is 14.6 Å². The van der Waals surface area contributed by atoms with Crippen molar-refractivity contribution in [3.05, 3.63) is 69.7 Å². The molecule has 2 aromatic rings. The summed E-state index contributed by atoms with van der Waals surface area (Å²) in [5.74, 6) is -1.34. The molecule has 0 atom stereocenters. The molecule has 0 bridgehead atoms. The van der Waals surface area contributed by atoms with Crippen molar-refractivity contribution in [1.82, 2.24) is 0 Å². The van der Waals surface area contributed by atoms with Gasteiger partial charge in [0.25, 0.3) is 0 Å². The molecule has 5 nitrogen and oxygen atoms in total. The average Bonchev–Trinajstić information content (AvgIpc) is 2.58. The van der Waals surface area contributed by atoms with Crippen LogP contribution in [0.3, 0.4) is 0 Å². The van der Waals surface area contributed by atoms with Crippen LogP contribution < -0.4 is 0 Å². The molecule has 2 aromatic carbocycles. The third-order valence-electron chi connectivity index (χ3n) is 3.00. The number of ether oxygens (including phenoxy) is 2. The SMILES string of the molecule is O=C(OCC(O)COC(=O)c1ccccc1Cl)c1ccccc1Cl. The van der Waals surface area contributed by atoms with Gasteiger partial charge in [0.1, 0.15) is 19.3 Å². The molecule has 0 radical (unpaired) electrons. The molecule has 0 saturated carbocycles. The van der Waals surface area contributed by atoms with Crippen molar-refractivity contribution in [3.63, 3.8) is 0 Å². The van der Waals surface area contributed by atoms with Crippen molar-refractivity contribution < 1.29 is 24.2 Å². The number of hydrogen-bond donors (Lipinski definition) is 1. The number of benzene rings is 2. The second kappa shape index (κ2) is 8.68. The molecule has 0 aliphatic heterocycles. The van der Waals surface area contributed by atoms with E-state index in [0.29, 0.717) is 0 Å². The Morgan fingerprint density at radius 1 is 0.833 bits per heavy atom. The molecule has 7 heteroatoms. The molecule has 0 saturated heterocycles. The van der Waals surface area contributed by atoms with Crippen molar-refractivity contribution in [2.24, 2.45) is 0 Å². The summed E-state index contributed by atoms with van der Waals surface area (Å²) >= 11 is 11.7. The summed E-state index contributed by atoms with van der Waals surface area (Å²) < 4.78 is 9.88. The maximum absolute atomic E-state index is 11.8. The summed E-state index contributed by atoms with van der Waals surface area (Å²) in [5.41, 5.74) is 0.388. The first-order valence-corrected chi connectivity index (χ1v) is 7.76. The fraction of sp³-hybridized carbons (Fsp3) is 0.176. The van der Waals surface area contributed by atoms with Crippen LogP contribution in [0.15, 0.2) is 48.5 Å². The molecule has 1 N–H and O–H groups in total. The van der Waals surface area contributed by atoms with Crippen LogP contribution in [0.4, 0.5) is 0 Å². The minimum Gasteiger partial charge on any atom is -0.459 e. The first-order chi connectivity index (χ1) is 11.5. The fourth-order valence-corrected chi connectivity index (χ4v) is 2.23. The lowest BCUT2D eigenvalue weighted by atomic mass is 10.2. The topological polar surface area (TPSA) is 72.8 Å². The van der Waals surface area contributed by atoms with E-state index in [2.05, 4.69) is 0 Å². The predicted molar refractivity (Wildman–Crippen MR) is 89.5 cm³/mol. The fourth-order valence-electron chi connectivity index (χ4n) is 1.80. The zero-order valence-electron chi connectivity index (χ0n) is 12.4. The van der Waals surface area contributed by atoms with Gasteiger partial charge >= 0.3 is 11.9 Å². The number of aliphatic hydroxyl groups excluding tert-OH is 1. The molecule has 126 valence electrons. The van der Waals surface area contributed by atoms with Crippen molar-refractivity contribution in [2.75, 3.05) is 13.2 Å². The summed E-state index contributed by atoms with van der Waals surface area (Å²) in [7, 11) is 0. The van der Waals surface area contributed by atoms with Crippen LogP contribution in [-0.4, -0.2) is 36.4 Å². The highest BCUT2D eigenvalue weighted by molar-refractivity contribution is 6.33. The van der Waals surface area contributed by atoms with E-state index in [0.717, 1.165) is 0 Å². The largest absolute Gasteiger partial charge is 0.459 e. The number of carbonyl (C=O) groups is 2. The molecular weight excluding hydrogens is 355 g/mol. The zero-order valence-corrected chi connectivity index (χ0v) is 14.0. The van der Waals surface area contributed by atoms with E-state index in [1.165, 1.54) is 12.1 Å². The highest BCUT2D eigenvalue weighted by Crippen LogP contribution is 2.17. The molecular formula is C17H14Cl2O5. The number of carbonyl (C=O) groups excluding carboxylic acids is 2. The molecule has 0 fully saturated rings. The van der Waals surface area contributed by atoms with E-state index in [9.17, 15) is 14.7 Å². The summed E-state index contributed by atoms with van der Waals surface area (Å²) in [6.45, 7) is -0.667. The van der Waals surface area contributed by atoms with Gasteiger partial charge in [0.15, 0.2) is 0 Å². The summed E-state index contributed by atoms with van der Waals surface area (Å²) in [5, 5.41) is 10.3. The first-order valence-electron chi connectivity index (χ1n) is 7.00. The van der Waals surface area contributed by atoms with E-state index < -0.39 is 18.0 Å². The van der Waals surface area contributed by atoms with Gasteiger partial charge in [0, 0.05) is 0 Å². The average molecular weight is 369 g/mol. The maximum atomic E-state index is 11.8. The summed E-state index contributed by atoms with van der Waals surface area (Å²) in [6.07, 6.45) is -1.16. The Morgan fingerprint density at radius 2 is 1.21 bits per heavy atom. The van der Waals surface area contributed by atoms with E-state index in [4.69, 9.17) is 32.7 Å². The van der Waals surface area contributed by atoms with Crippen molar-refractivity contribution in [2.45, 2.75) is 6.10 Å². The van der Waals surface area contributed by atoms with Gasteiger partial charge in [0.2, 0.25) is 0 Å². The lowest BCUT2D eigenvalue weighted by molar-refractivity contribution is -0.00467. The normalized spacial score (nSPS) is 10.5. The predicted octanol–water partition coefficient (Wildman–Crippen LogP) is 3.37. The number of rotatable bonds is 6. The van der Waals surface area contributed by atoms with Crippen LogP contribution in [0, 0.1) is 0 Å². The van der Waals surface area contributed by atoms with E-state index >= 15 is 0 Å². The van der Waals surface area contributed by atoms with Crippen molar-refractivity contribution in [1.29, 1.82) is 0 Å². The van der Waals surface area contributed by atoms with Crippen molar-refractivity contribution in [3.8, 4) is 0 Å². The second-order valence-electron chi connectivity index (χ2n) is 4.81. The van der Waals surface area contributed by atoms with E-state index in [-0.39, 0.29) is 34.4 Å². The molecule has 0 aromatic heterocycles. The summed E-state index contributed by atoms with van der Waals surface area (Å²) in [6, 6.07) is 12.8. The Hall–Kier alpha value is -2.08. The minimum atomic E-state index is -1.16. The third kappa shape index (κ3) is 4.96. The third-order valence-corrected chi connectivity index (χ3v) is 3.66. The Balaban J connectivity index is 1.80. The molecule has 0 aliphatic rings. The lowest BCUT2D eigenvalue weighted by Crippen LogP contribution is -2.25. The molecule has 0 amide bonds. The van der Waals surface area contributed by atoms with Gasteiger partial charge in [-0.15, -0.1) is 0 Å². The van der Waals surface area contributed by atoms with Crippen LogP contribution in [-0.2, 0) is 9.47 Å². The van der Waals surface area contributed by atoms with Gasteiger partial charge in [-0.1, -0.05) is 47.5 Å². The Morgan fingerprint density at radius 3 is 1.58 bits per heavy atom. The maximum Gasteiger partial charge on any atom is 0.339 e. The highest BCUT2D eigenvalue weighted by atomic mass is 35.5. The van der Waals surface area contributed by atoms with E-state index in [1.807, 2.05) is 0 Å². The smallest absolute Gasteiger partial charge is 0.339 e. The highest BCUT2D eigenvalue weighted by Gasteiger charge is 2.16.